The van der Waals surface area contributed by atoms with Crippen LogP contribution >= 0.6 is 0 Å². The fourth-order valence-corrected chi connectivity index (χ4v) is 1.71. The second kappa shape index (κ2) is 6.94. The zero-order valence-electron chi connectivity index (χ0n) is 10.9. The highest BCUT2D eigenvalue weighted by Gasteiger charge is 2.07. The molecular weight excluding hydrogens is 212 g/mol. The minimum absolute atomic E-state index is 0.119. The monoisotopic (exact) mass is 234 g/mol. The van der Waals surface area contributed by atoms with E-state index in [4.69, 9.17) is 0 Å². The van der Waals surface area contributed by atoms with Gasteiger partial charge >= 0.3 is 6.03 Å². The molecule has 0 fully saturated rings. The number of carbonyl (C=O) groups excluding carboxylic acids is 1. The van der Waals surface area contributed by atoms with Crippen molar-refractivity contribution in [2.24, 2.45) is 0 Å². The molecule has 94 valence electrons. The number of urea groups is 1. The number of benzene rings is 1. The van der Waals surface area contributed by atoms with Crippen LogP contribution in [0, 0.1) is 0 Å². The molecule has 0 aromatic heterocycles. The van der Waals surface area contributed by atoms with Gasteiger partial charge in [0.05, 0.1) is 0 Å². The Morgan fingerprint density at radius 2 is 1.94 bits per heavy atom. The quantitative estimate of drug-likeness (QED) is 0.803. The highest BCUT2D eigenvalue weighted by Crippen LogP contribution is 2.11. The summed E-state index contributed by atoms with van der Waals surface area (Å²) in [6.07, 6.45) is 2.89. The van der Waals surface area contributed by atoms with Crippen molar-refractivity contribution in [3.63, 3.8) is 0 Å². The van der Waals surface area contributed by atoms with Crippen LogP contribution in [0.15, 0.2) is 24.3 Å². The van der Waals surface area contributed by atoms with Crippen molar-refractivity contribution >= 4 is 11.7 Å². The molecule has 0 unspecified atom stereocenters. The number of rotatable bonds is 5. The lowest BCUT2D eigenvalue weighted by molar-refractivity contribution is 0.247. The van der Waals surface area contributed by atoms with Crippen LogP contribution in [0.1, 0.15) is 39.2 Å². The Bertz CT molecular complexity index is 359. The summed E-state index contributed by atoms with van der Waals surface area (Å²) in [5.74, 6) is 0. The summed E-state index contributed by atoms with van der Waals surface area (Å²) in [5, 5.41) is 5.82. The highest BCUT2D eigenvalue weighted by molar-refractivity contribution is 5.89. The molecule has 1 aromatic carbocycles. The van der Waals surface area contributed by atoms with Gasteiger partial charge in [0.25, 0.3) is 0 Å². The maximum absolute atomic E-state index is 11.7. The number of anilines is 1. The van der Waals surface area contributed by atoms with E-state index in [1.54, 1.807) is 0 Å². The first-order chi connectivity index (χ1) is 8.19. The van der Waals surface area contributed by atoms with Crippen molar-refractivity contribution in [1.29, 1.82) is 0 Å². The molecule has 0 bridgehead atoms. The number of amides is 2. The molecule has 1 aromatic rings. The molecule has 3 nitrogen and oxygen atoms in total. The van der Waals surface area contributed by atoms with Crippen LogP contribution in [0.25, 0.3) is 0 Å². The lowest BCUT2D eigenvalue weighted by Crippen LogP contribution is -2.37. The number of aryl methyl sites for hydroxylation is 1. The zero-order valence-corrected chi connectivity index (χ0v) is 10.9. The van der Waals surface area contributed by atoms with Crippen LogP contribution in [0.3, 0.4) is 0 Å². The molecule has 0 radical (unpaired) electrons. The predicted molar refractivity (Wildman–Crippen MR) is 72.3 cm³/mol. The summed E-state index contributed by atoms with van der Waals surface area (Å²) in [5.41, 5.74) is 2.08. The van der Waals surface area contributed by atoms with Gasteiger partial charge in [-0.25, -0.2) is 4.79 Å². The van der Waals surface area contributed by atoms with Crippen molar-refractivity contribution in [2.75, 3.05) is 5.32 Å². The first-order valence-electron chi connectivity index (χ1n) is 6.36. The Morgan fingerprint density at radius 3 is 2.53 bits per heavy atom. The van der Waals surface area contributed by atoms with E-state index < -0.39 is 0 Å². The average Bonchev–Trinajstić information content (AvgIpc) is 2.36. The first kappa shape index (κ1) is 13.6. The zero-order chi connectivity index (χ0) is 12.7. The van der Waals surface area contributed by atoms with E-state index >= 15 is 0 Å². The molecule has 0 aliphatic carbocycles. The first-order valence-corrected chi connectivity index (χ1v) is 6.36. The Balaban J connectivity index is 2.55. The topological polar surface area (TPSA) is 41.1 Å². The van der Waals surface area contributed by atoms with Gasteiger partial charge in [-0.15, -0.1) is 0 Å². The van der Waals surface area contributed by atoms with Gasteiger partial charge in [-0.05, 0) is 37.0 Å². The molecule has 0 spiro atoms. The van der Waals surface area contributed by atoms with E-state index in [0.29, 0.717) is 0 Å². The van der Waals surface area contributed by atoms with Crippen LogP contribution in [-0.2, 0) is 6.42 Å². The van der Waals surface area contributed by atoms with Gasteiger partial charge in [-0.3, -0.25) is 0 Å². The Labute approximate surface area is 104 Å². The fraction of sp³-hybridized carbons (Fsp3) is 0.500. The molecule has 1 rings (SSSR count). The van der Waals surface area contributed by atoms with Gasteiger partial charge in [0.2, 0.25) is 0 Å². The maximum Gasteiger partial charge on any atom is 0.319 e. The predicted octanol–water partition coefficient (Wildman–Crippen LogP) is 3.56. The minimum atomic E-state index is -0.119. The molecule has 0 heterocycles. The summed E-state index contributed by atoms with van der Waals surface area (Å²) in [7, 11) is 0. The fourth-order valence-electron chi connectivity index (χ4n) is 1.71. The van der Waals surface area contributed by atoms with Crippen molar-refractivity contribution in [3.05, 3.63) is 29.8 Å². The second-order valence-corrected chi connectivity index (χ2v) is 4.17. The Kier molecular flexibility index (Phi) is 5.53. The van der Waals surface area contributed by atoms with Gasteiger partial charge in [0.1, 0.15) is 0 Å². The third-order valence-corrected chi connectivity index (χ3v) is 2.91. The molecule has 0 saturated heterocycles. The van der Waals surface area contributed by atoms with E-state index in [-0.39, 0.29) is 12.1 Å². The van der Waals surface area contributed by atoms with Crippen LogP contribution in [0.5, 0.6) is 0 Å². The second-order valence-electron chi connectivity index (χ2n) is 4.17. The summed E-state index contributed by atoms with van der Waals surface area (Å²) in [6.45, 7) is 6.25. The van der Waals surface area contributed by atoms with E-state index in [0.717, 1.165) is 24.9 Å². The van der Waals surface area contributed by atoms with Crippen molar-refractivity contribution in [2.45, 2.75) is 46.1 Å². The van der Waals surface area contributed by atoms with Crippen LogP contribution < -0.4 is 10.6 Å². The number of carbonyl (C=O) groups is 1. The Hall–Kier alpha value is -1.51. The van der Waals surface area contributed by atoms with Crippen molar-refractivity contribution in [1.82, 2.24) is 5.32 Å². The van der Waals surface area contributed by atoms with Crippen molar-refractivity contribution < 1.29 is 4.79 Å². The number of hydrogen-bond acceptors (Lipinski definition) is 1. The van der Waals surface area contributed by atoms with Gasteiger partial charge in [-0.1, -0.05) is 32.9 Å². The largest absolute Gasteiger partial charge is 0.335 e. The molecule has 2 amide bonds. The summed E-state index contributed by atoms with van der Waals surface area (Å²) in [4.78, 5) is 11.7. The normalized spacial score (nSPS) is 10.4. The van der Waals surface area contributed by atoms with E-state index in [9.17, 15) is 4.79 Å². The SMILES string of the molecule is CCc1cccc(NC(=O)NC(CC)CC)c1. The van der Waals surface area contributed by atoms with Crippen LogP contribution in [0.2, 0.25) is 0 Å². The maximum atomic E-state index is 11.7. The van der Waals surface area contributed by atoms with Gasteiger partial charge in [0.15, 0.2) is 0 Å². The number of hydrogen-bond donors (Lipinski definition) is 2. The summed E-state index contributed by atoms with van der Waals surface area (Å²) < 4.78 is 0. The highest BCUT2D eigenvalue weighted by atomic mass is 16.2. The lowest BCUT2D eigenvalue weighted by Gasteiger charge is -2.15. The van der Waals surface area contributed by atoms with E-state index in [1.807, 2.05) is 18.2 Å². The molecule has 0 aliphatic rings. The Morgan fingerprint density at radius 1 is 1.24 bits per heavy atom. The standard InChI is InChI=1S/C14H22N2O/c1-4-11-8-7-9-13(10-11)16-14(17)15-12(5-2)6-3/h7-10,12H,4-6H2,1-3H3,(H2,15,16,17). The van der Waals surface area contributed by atoms with Gasteiger partial charge < -0.3 is 10.6 Å². The lowest BCUT2D eigenvalue weighted by atomic mass is 10.1. The average molecular weight is 234 g/mol. The van der Waals surface area contributed by atoms with Crippen LogP contribution in [0.4, 0.5) is 10.5 Å². The van der Waals surface area contributed by atoms with E-state index in [1.165, 1.54) is 5.56 Å². The number of nitrogens with one attached hydrogen (secondary N) is 2. The molecule has 0 atom stereocenters. The van der Waals surface area contributed by atoms with Gasteiger partial charge in [0, 0.05) is 11.7 Å². The smallest absolute Gasteiger partial charge is 0.319 e. The van der Waals surface area contributed by atoms with Gasteiger partial charge in [-0.2, -0.15) is 0 Å². The molecule has 0 saturated carbocycles. The minimum Gasteiger partial charge on any atom is -0.335 e. The summed E-state index contributed by atoms with van der Waals surface area (Å²) in [6, 6.07) is 8.07. The molecule has 2 N–H and O–H groups in total. The summed E-state index contributed by atoms with van der Waals surface area (Å²) >= 11 is 0. The third-order valence-electron chi connectivity index (χ3n) is 2.91. The molecule has 3 heteroatoms. The van der Waals surface area contributed by atoms with E-state index in [2.05, 4.69) is 37.5 Å². The van der Waals surface area contributed by atoms with Crippen LogP contribution in [-0.4, -0.2) is 12.1 Å². The van der Waals surface area contributed by atoms with Crippen molar-refractivity contribution in [3.8, 4) is 0 Å². The third kappa shape index (κ3) is 4.47. The molecular formula is C14H22N2O. The molecule has 0 aliphatic heterocycles. The molecule has 17 heavy (non-hydrogen) atoms.